The predicted octanol–water partition coefficient (Wildman–Crippen LogP) is 2.27. The van der Waals surface area contributed by atoms with Crippen LogP contribution in [0, 0.1) is 13.8 Å². The van der Waals surface area contributed by atoms with E-state index in [0.29, 0.717) is 6.54 Å². The first kappa shape index (κ1) is 18.5. The number of nitrogens with one attached hydrogen (secondary N) is 2. The Morgan fingerprint density at radius 2 is 2.04 bits per heavy atom. The SMILES string of the molecule is CCn1nc(C)c(CNC(=O)C2Cc3ccccc3CN2)c1C.Cl. The normalized spacial score (nSPS) is 16.2. The van der Waals surface area contributed by atoms with Crippen molar-refractivity contribution in [1.29, 1.82) is 0 Å². The zero-order chi connectivity index (χ0) is 16.4. The third-order valence-corrected chi connectivity index (χ3v) is 4.67. The number of benzene rings is 1. The maximum atomic E-state index is 12.5. The number of amides is 1. The molecular weight excluding hydrogens is 324 g/mol. The van der Waals surface area contributed by atoms with Gasteiger partial charge in [-0.2, -0.15) is 5.10 Å². The van der Waals surface area contributed by atoms with E-state index in [1.54, 1.807) is 0 Å². The van der Waals surface area contributed by atoms with Gasteiger partial charge in [0.25, 0.3) is 0 Å². The van der Waals surface area contributed by atoms with Crippen LogP contribution in [0.5, 0.6) is 0 Å². The van der Waals surface area contributed by atoms with Crippen LogP contribution in [-0.4, -0.2) is 21.7 Å². The first-order chi connectivity index (χ1) is 11.1. The van der Waals surface area contributed by atoms with Gasteiger partial charge in [-0.05, 0) is 38.3 Å². The molecule has 1 amide bonds. The maximum absolute atomic E-state index is 12.5. The molecule has 0 fully saturated rings. The molecule has 0 saturated carbocycles. The van der Waals surface area contributed by atoms with E-state index in [1.165, 1.54) is 11.1 Å². The summed E-state index contributed by atoms with van der Waals surface area (Å²) in [6, 6.07) is 8.13. The monoisotopic (exact) mass is 348 g/mol. The highest BCUT2D eigenvalue weighted by Crippen LogP contribution is 2.17. The Balaban J connectivity index is 0.00000208. The molecule has 130 valence electrons. The number of aryl methyl sites for hydroxylation is 2. The first-order valence-corrected chi connectivity index (χ1v) is 8.21. The van der Waals surface area contributed by atoms with Crippen molar-refractivity contribution in [3.63, 3.8) is 0 Å². The molecule has 1 aromatic carbocycles. The Bertz CT molecular complexity index is 726. The number of halogens is 1. The Labute approximate surface area is 149 Å². The lowest BCUT2D eigenvalue weighted by atomic mass is 9.95. The molecule has 5 nitrogen and oxygen atoms in total. The molecule has 0 saturated heterocycles. The zero-order valence-electron chi connectivity index (χ0n) is 14.4. The average molecular weight is 349 g/mol. The molecule has 2 N–H and O–H groups in total. The highest BCUT2D eigenvalue weighted by atomic mass is 35.5. The van der Waals surface area contributed by atoms with E-state index >= 15 is 0 Å². The van der Waals surface area contributed by atoms with E-state index in [-0.39, 0.29) is 24.4 Å². The fourth-order valence-electron chi connectivity index (χ4n) is 3.24. The number of hydrogen-bond donors (Lipinski definition) is 2. The van der Waals surface area contributed by atoms with Gasteiger partial charge in [0.15, 0.2) is 0 Å². The molecule has 0 bridgehead atoms. The van der Waals surface area contributed by atoms with Gasteiger partial charge in [-0.1, -0.05) is 24.3 Å². The molecule has 2 heterocycles. The van der Waals surface area contributed by atoms with Gasteiger partial charge in [0.05, 0.1) is 11.7 Å². The van der Waals surface area contributed by atoms with Crippen LogP contribution in [-0.2, 0) is 30.8 Å². The molecule has 1 aromatic heterocycles. The molecule has 1 aliphatic heterocycles. The van der Waals surface area contributed by atoms with Crippen LogP contribution in [0.15, 0.2) is 24.3 Å². The summed E-state index contributed by atoms with van der Waals surface area (Å²) in [7, 11) is 0. The number of carbonyl (C=O) groups excluding carboxylic acids is 1. The average Bonchev–Trinajstić information content (AvgIpc) is 2.85. The number of aromatic nitrogens is 2. The molecule has 3 rings (SSSR count). The molecule has 6 heteroatoms. The van der Waals surface area contributed by atoms with E-state index in [1.807, 2.05) is 23.7 Å². The third kappa shape index (κ3) is 3.62. The number of hydrogen-bond acceptors (Lipinski definition) is 3. The number of fused-ring (bicyclic) bond motifs is 1. The van der Waals surface area contributed by atoms with Crippen LogP contribution in [0.25, 0.3) is 0 Å². The minimum Gasteiger partial charge on any atom is -0.351 e. The van der Waals surface area contributed by atoms with Crippen LogP contribution in [0.3, 0.4) is 0 Å². The number of carbonyl (C=O) groups is 1. The van der Waals surface area contributed by atoms with E-state index < -0.39 is 0 Å². The summed E-state index contributed by atoms with van der Waals surface area (Å²) in [6.07, 6.45) is 0.744. The van der Waals surface area contributed by atoms with Crippen LogP contribution in [0.4, 0.5) is 0 Å². The van der Waals surface area contributed by atoms with E-state index in [9.17, 15) is 4.79 Å². The molecule has 1 atom stereocenters. The van der Waals surface area contributed by atoms with Gasteiger partial charge in [-0.15, -0.1) is 12.4 Å². The second-order valence-electron chi connectivity index (χ2n) is 6.09. The van der Waals surface area contributed by atoms with Crippen molar-refractivity contribution in [2.45, 2.75) is 52.9 Å². The lowest BCUT2D eigenvalue weighted by Gasteiger charge is -2.25. The molecule has 0 spiro atoms. The summed E-state index contributed by atoms with van der Waals surface area (Å²) in [4.78, 5) is 12.5. The summed E-state index contributed by atoms with van der Waals surface area (Å²) < 4.78 is 1.98. The van der Waals surface area contributed by atoms with Crippen molar-refractivity contribution in [3.8, 4) is 0 Å². The van der Waals surface area contributed by atoms with Crippen molar-refractivity contribution in [1.82, 2.24) is 20.4 Å². The van der Waals surface area contributed by atoms with Gasteiger partial charge in [0.2, 0.25) is 5.91 Å². The molecule has 1 unspecified atom stereocenters. The quantitative estimate of drug-likeness (QED) is 0.891. The molecule has 0 radical (unpaired) electrons. The van der Waals surface area contributed by atoms with E-state index in [2.05, 4.69) is 41.7 Å². The summed E-state index contributed by atoms with van der Waals surface area (Å²) in [5.41, 5.74) is 5.79. The Morgan fingerprint density at radius 3 is 2.71 bits per heavy atom. The van der Waals surface area contributed by atoms with E-state index in [0.717, 1.165) is 36.5 Å². The van der Waals surface area contributed by atoms with Crippen molar-refractivity contribution in [2.24, 2.45) is 0 Å². The van der Waals surface area contributed by atoms with Crippen molar-refractivity contribution < 1.29 is 4.79 Å². The van der Waals surface area contributed by atoms with Gasteiger partial charge in [0.1, 0.15) is 0 Å². The van der Waals surface area contributed by atoms with Crippen LogP contribution in [0.1, 0.15) is 35.0 Å². The Hall–Kier alpha value is -1.85. The summed E-state index contributed by atoms with van der Waals surface area (Å²) >= 11 is 0. The number of rotatable bonds is 4. The van der Waals surface area contributed by atoms with Crippen molar-refractivity contribution >= 4 is 18.3 Å². The standard InChI is InChI=1S/C18H24N4O.ClH/c1-4-22-13(3)16(12(2)21-22)11-20-18(23)17-9-14-7-5-6-8-15(14)10-19-17;/h5-8,17,19H,4,9-11H2,1-3H3,(H,20,23);1H. The lowest BCUT2D eigenvalue weighted by Crippen LogP contribution is -2.47. The maximum Gasteiger partial charge on any atom is 0.237 e. The fraction of sp³-hybridized carbons (Fsp3) is 0.444. The van der Waals surface area contributed by atoms with Gasteiger partial charge in [-0.25, -0.2) is 0 Å². The fourth-order valence-corrected chi connectivity index (χ4v) is 3.24. The van der Waals surface area contributed by atoms with Crippen LogP contribution < -0.4 is 10.6 Å². The highest BCUT2D eigenvalue weighted by Gasteiger charge is 2.24. The molecule has 2 aromatic rings. The largest absolute Gasteiger partial charge is 0.351 e. The van der Waals surface area contributed by atoms with Gasteiger partial charge in [-0.3, -0.25) is 9.48 Å². The van der Waals surface area contributed by atoms with Crippen LogP contribution in [0.2, 0.25) is 0 Å². The molecule has 1 aliphatic rings. The van der Waals surface area contributed by atoms with E-state index in [4.69, 9.17) is 0 Å². The molecular formula is C18H25ClN4O. The second-order valence-corrected chi connectivity index (χ2v) is 6.09. The van der Waals surface area contributed by atoms with Crippen molar-refractivity contribution in [2.75, 3.05) is 0 Å². The Morgan fingerprint density at radius 1 is 1.33 bits per heavy atom. The van der Waals surface area contributed by atoms with Gasteiger partial charge in [0, 0.05) is 30.9 Å². The third-order valence-electron chi connectivity index (χ3n) is 4.67. The predicted molar refractivity (Wildman–Crippen MR) is 97.2 cm³/mol. The topological polar surface area (TPSA) is 59.0 Å². The summed E-state index contributed by atoms with van der Waals surface area (Å²) in [5, 5.41) is 10.9. The molecule has 0 aliphatic carbocycles. The summed E-state index contributed by atoms with van der Waals surface area (Å²) in [6.45, 7) is 8.26. The minimum absolute atomic E-state index is 0. The van der Waals surface area contributed by atoms with Crippen molar-refractivity contribution in [3.05, 3.63) is 52.3 Å². The van der Waals surface area contributed by atoms with Gasteiger partial charge >= 0.3 is 0 Å². The van der Waals surface area contributed by atoms with Gasteiger partial charge < -0.3 is 10.6 Å². The smallest absolute Gasteiger partial charge is 0.237 e. The number of nitrogens with zero attached hydrogens (tertiary/aromatic N) is 2. The lowest BCUT2D eigenvalue weighted by molar-refractivity contribution is -0.123. The highest BCUT2D eigenvalue weighted by molar-refractivity contribution is 5.85. The Kier molecular flexibility index (Phi) is 6.02. The second kappa shape index (κ2) is 7.81. The zero-order valence-corrected chi connectivity index (χ0v) is 15.2. The summed E-state index contributed by atoms with van der Waals surface area (Å²) in [5.74, 6) is 0.0579. The molecule has 24 heavy (non-hydrogen) atoms. The minimum atomic E-state index is -0.160. The first-order valence-electron chi connectivity index (χ1n) is 8.21. The van der Waals surface area contributed by atoms with Crippen LogP contribution >= 0.6 is 12.4 Å².